The predicted octanol–water partition coefficient (Wildman–Crippen LogP) is 1.61. The molecule has 59 valence electrons. The van der Waals surface area contributed by atoms with Gasteiger partial charge in [0.2, 0.25) is 0 Å². The summed E-state index contributed by atoms with van der Waals surface area (Å²) in [6.07, 6.45) is 0. The van der Waals surface area contributed by atoms with Gasteiger partial charge in [0, 0.05) is 12.6 Å². The molecule has 0 fully saturated rings. The highest BCUT2D eigenvalue weighted by molar-refractivity contribution is 6.32. The minimum absolute atomic E-state index is 0.472. The van der Waals surface area contributed by atoms with Crippen molar-refractivity contribution in [1.82, 2.24) is 0 Å². The molecule has 3 heteroatoms. The second-order valence-electron chi connectivity index (χ2n) is 2.09. The molecule has 0 aliphatic heterocycles. The highest BCUT2D eigenvalue weighted by atomic mass is 35.5. The largest absolute Gasteiger partial charge is 0.495 e. The summed E-state index contributed by atoms with van der Waals surface area (Å²) in [6, 6.07) is 6.41. The highest BCUT2D eigenvalue weighted by Crippen LogP contribution is 2.23. The van der Waals surface area contributed by atoms with Crippen LogP contribution in [0.15, 0.2) is 12.1 Å². The molecule has 11 heavy (non-hydrogen) atoms. The fourth-order valence-electron chi connectivity index (χ4n) is 0.771. The molecule has 2 nitrogen and oxygen atoms in total. The van der Waals surface area contributed by atoms with Crippen molar-refractivity contribution < 1.29 is 4.74 Å². The molecule has 0 aliphatic carbocycles. The summed E-state index contributed by atoms with van der Waals surface area (Å²) in [4.78, 5) is 0. The highest BCUT2D eigenvalue weighted by Gasteiger charge is 1.99. The van der Waals surface area contributed by atoms with Gasteiger partial charge in [0.15, 0.2) is 0 Å². The second kappa shape index (κ2) is 3.60. The third kappa shape index (κ3) is 1.85. The van der Waals surface area contributed by atoms with E-state index in [0.717, 1.165) is 5.56 Å². The first-order valence-electron chi connectivity index (χ1n) is 3.22. The van der Waals surface area contributed by atoms with Gasteiger partial charge in [0.1, 0.15) is 5.75 Å². The zero-order valence-electron chi connectivity index (χ0n) is 6.23. The van der Waals surface area contributed by atoms with E-state index in [2.05, 4.69) is 6.07 Å². The molecule has 0 spiro atoms. The maximum Gasteiger partial charge on any atom is 0.145 e. The molecular weight excluding hydrogens is 162 g/mol. The molecule has 0 aromatic heterocycles. The Kier molecular flexibility index (Phi) is 2.74. The quantitative estimate of drug-likeness (QED) is 0.732. The lowest BCUT2D eigenvalue weighted by Gasteiger charge is -2.02. The molecule has 0 saturated heterocycles. The lowest BCUT2D eigenvalue weighted by molar-refractivity contribution is 0.414. The molecule has 2 N–H and O–H groups in total. The van der Waals surface area contributed by atoms with Crippen LogP contribution in [-0.4, -0.2) is 7.11 Å². The Balaban J connectivity index is 2.99. The zero-order valence-corrected chi connectivity index (χ0v) is 6.98. The fraction of sp³-hybridized carbons (Fsp3) is 0.250. The van der Waals surface area contributed by atoms with Crippen LogP contribution >= 0.6 is 11.6 Å². The third-order valence-corrected chi connectivity index (χ3v) is 1.64. The van der Waals surface area contributed by atoms with Crippen molar-refractivity contribution in [3.8, 4) is 5.75 Å². The van der Waals surface area contributed by atoms with Crippen LogP contribution in [0.1, 0.15) is 5.56 Å². The summed E-state index contributed by atoms with van der Waals surface area (Å²) in [5, 5.41) is 0.551. The van der Waals surface area contributed by atoms with E-state index >= 15 is 0 Å². The van der Waals surface area contributed by atoms with Crippen molar-refractivity contribution in [1.29, 1.82) is 0 Å². The van der Waals surface area contributed by atoms with Crippen molar-refractivity contribution in [3.05, 3.63) is 28.8 Å². The summed E-state index contributed by atoms with van der Waals surface area (Å²) in [7, 11) is 1.56. The summed E-state index contributed by atoms with van der Waals surface area (Å²) in [5.74, 6) is 0.559. The second-order valence-corrected chi connectivity index (χ2v) is 2.50. The summed E-state index contributed by atoms with van der Waals surface area (Å²) in [6.45, 7) is 0.472. The number of hydrogen-bond acceptors (Lipinski definition) is 2. The normalized spacial score (nSPS) is 9.73. The number of halogens is 1. The van der Waals surface area contributed by atoms with Crippen LogP contribution in [0.2, 0.25) is 5.02 Å². The first kappa shape index (κ1) is 8.37. The molecule has 1 aromatic rings. The maximum atomic E-state index is 5.80. The molecule has 0 heterocycles. The van der Waals surface area contributed by atoms with E-state index in [4.69, 9.17) is 22.1 Å². The van der Waals surface area contributed by atoms with E-state index in [0.29, 0.717) is 17.3 Å². The molecule has 0 amide bonds. The third-order valence-electron chi connectivity index (χ3n) is 1.36. The Morgan fingerprint density at radius 2 is 2.45 bits per heavy atom. The van der Waals surface area contributed by atoms with E-state index in [9.17, 15) is 0 Å². The zero-order chi connectivity index (χ0) is 8.27. The fourth-order valence-corrected chi connectivity index (χ4v) is 1.04. The molecule has 0 bridgehead atoms. The molecule has 0 atom stereocenters. The van der Waals surface area contributed by atoms with Crippen molar-refractivity contribution >= 4 is 11.6 Å². The number of benzene rings is 1. The minimum Gasteiger partial charge on any atom is -0.495 e. The molecule has 1 rings (SSSR count). The first-order valence-corrected chi connectivity index (χ1v) is 3.60. The van der Waals surface area contributed by atoms with Crippen LogP contribution in [0.5, 0.6) is 5.75 Å². The Labute approximate surface area is 70.9 Å². The SMILES string of the molecule is COc1[c]cc(CN)cc1Cl. The van der Waals surface area contributed by atoms with Gasteiger partial charge in [-0.3, -0.25) is 0 Å². The monoisotopic (exact) mass is 170 g/mol. The van der Waals surface area contributed by atoms with Crippen molar-refractivity contribution in [2.45, 2.75) is 6.54 Å². The summed E-state index contributed by atoms with van der Waals surface area (Å²) < 4.78 is 4.92. The van der Waals surface area contributed by atoms with Gasteiger partial charge < -0.3 is 10.5 Å². The topological polar surface area (TPSA) is 35.2 Å². The van der Waals surface area contributed by atoms with E-state index in [-0.39, 0.29) is 0 Å². The molecule has 0 unspecified atom stereocenters. The van der Waals surface area contributed by atoms with E-state index in [1.165, 1.54) is 0 Å². The van der Waals surface area contributed by atoms with Crippen LogP contribution in [-0.2, 0) is 6.54 Å². The standard InChI is InChI=1S/C8H9ClNO/c1-11-8-3-2-6(5-10)4-7(8)9/h2,4H,5,10H2,1H3. The van der Waals surface area contributed by atoms with E-state index < -0.39 is 0 Å². The summed E-state index contributed by atoms with van der Waals surface area (Å²) in [5.41, 5.74) is 6.35. The van der Waals surface area contributed by atoms with E-state index in [1.54, 1.807) is 19.2 Å². The lowest BCUT2D eigenvalue weighted by Crippen LogP contribution is -1.96. The van der Waals surface area contributed by atoms with Crippen LogP contribution in [0.4, 0.5) is 0 Å². The number of nitrogens with two attached hydrogens (primary N) is 1. The Hall–Kier alpha value is -0.730. The smallest absolute Gasteiger partial charge is 0.145 e. The number of hydrogen-bond donors (Lipinski definition) is 1. The molecule has 1 aromatic carbocycles. The average molecular weight is 171 g/mol. The van der Waals surface area contributed by atoms with Crippen LogP contribution in [0, 0.1) is 6.07 Å². The van der Waals surface area contributed by atoms with Gasteiger partial charge in [-0.2, -0.15) is 0 Å². The van der Waals surface area contributed by atoms with Gasteiger partial charge in [-0.05, 0) is 17.7 Å². The minimum atomic E-state index is 0.472. The number of ether oxygens (including phenoxy) is 1. The van der Waals surface area contributed by atoms with E-state index in [1.807, 2.05) is 0 Å². The maximum absolute atomic E-state index is 5.80. The van der Waals surface area contributed by atoms with Crippen LogP contribution in [0.25, 0.3) is 0 Å². The van der Waals surface area contributed by atoms with Gasteiger partial charge in [-0.1, -0.05) is 11.6 Å². The molecule has 0 aliphatic rings. The van der Waals surface area contributed by atoms with Gasteiger partial charge >= 0.3 is 0 Å². The lowest BCUT2D eigenvalue weighted by atomic mass is 10.2. The van der Waals surface area contributed by atoms with Gasteiger partial charge in [0.05, 0.1) is 12.1 Å². The van der Waals surface area contributed by atoms with Crippen molar-refractivity contribution in [2.24, 2.45) is 5.73 Å². The van der Waals surface area contributed by atoms with Crippen molar-refractivity contribution in [2.75, 3.05) is 7.11 Å². The number of methoxy groups -OCH3 is 1. The van der Waals surface area contributed by atoms with Crippen LogP contribution < -0.4 is 10.5 Å². The Bertz CT molecular complexity index is 250. The Morgan fingerprint density at radius 3 is 2.91 bits per heavy atom. The van der Waals surface area contributed by atoms with Crippen LogP contribution in [0.3, 0.4) is 0 Å². The average Bonchev–Trinajstić information content (AvgIpc) is 2.04. The van der Waals surface area contributed by atoms with Gasteiger partial charge in [-0.15, -0.1) is 0 Å². The van der Waals surface area contributed by atoms with Crippen molar-refractivity contribution in [3.63, 3.8) is 0 Å². The van der Waals surface area contributed by atoms with Gasteiger partial charge in [-0.25, -0.2) is 0 Å². The molecular formula is C8H9ClNO. The summed E-state index contributed by atoms with van der Waals surface area (Å²) >= 11 is 5.80. The van der Waals surface area contributed by atoms with Gasteiger partial charge in [0.25, 0.3) is 0 Å². The predicted molar refractivity (Wildman–Crippen MR) is 44.7 cm³/mol. The molecule has 0 saturated carbocycles. The molecule has 1 radical (unpaired) electrons. The first-order chi connectivity index (χ1) is 5.27. The number of rotatable bonds is 2. The Morgan fingerprint density at radius 1 is 1.73 bits per heavy atom.